The Labute approximate surface area is 117 Å². The van der Waals surface area contributed by atoms with Crippen molar-refractivity contribution in [2.75, 3.05) is 19.5 Å². The van der Waals surface area contributed by atoms with Crippen molar-refractivity contribution in [2.24, 2.45) is 0 Å². The van der Waals surface area contributed by atoms with Gasteiger partial charge in [-0.1, -0.05) is 24.8 Å². The topological polar surface area (TPSA) is 64.6 Å². The highest BCUT2D eigenvalue weighted by Gasteiger charge is 2.14. The molecule has 20 heavy (non-hydrogen) atoms. The third kappa shape index (κ3) is 3.98. The van der Waals surface area contributed by atoms with E-state index in [1.165, 1.54) is 14.2 Å². The summed E-state index contributed by atoms with van der Waals surface area (Å²) in [4.78, 5) is 23.0. The smallest absolute Gasteiger partial charge is 0.354 e. The fourth-order valence-corrected chi connectivity index (χ4v) is 1.54. The van der Waals surface area contributed by atoms with E-state index in [2.05, 4.69) is 21.4 Å². The number of methoxy groups -OCH3 is 2. The number of benzene rings is 1. The molecule has 0 atom stereocenters. The number of esters is 2. The molecule has 0 saturated carbocycles. The summed E-state index contributed by atoms with van der Waals surface area (Å²) in [5.41, 5.74) is 2.32. The fourth-order valence-electron chi connectivity index (χ4n) is 1.54. The van der Waals surface area contributed by atoms with Gasteiger partial charge in [-0.15, -0.1) is 0 Å². The van der Waals surface area contributed by atoms with Gasteiger partial charge in [0.25, 0.3) is 0 Å². The van der Waals surface area contributed by atoms with E-state index in [0.717, 1.165) is 17.2 Å². The van der Waals surface area contributed by atoms with Crippen LogP contribution in [0.5, 0.6) is 0 Å². The molecule has 1 aromatic carbocycles. The van der Waals surface area contributed by atoms with Crippen LogP contribution in [-0.2, 0) is 19.1 Å². The number of rotatable bonds is 5. The van der Waals surface area contributed by atoms with E-state index in [1.807, 2.05) is 25.1 Å². The molecule has 0 radical (unpaired) electrons. The summed E-state index contributed by atoms with van der Waals surface area (Å²) in [5, 5.41) is 2.87. The van der Waals surface area contributed by atoms with Crippen LogP contribution in [0.25, 0.3) is 5.57 Å². The lowest BCUT2D eigenvalue weighted by molar-refractivity contribution is -0.138. The van der Waals surface area contributed by atoms with Gasteiger partial charge in [-0.2, -0.15) is 0 Å². The lowest BCUT2D eigenvalue weighted by atomic mass is 10.1. The van der Waals surface area contributed by atoms with Crippen LogP contribution >= 0.6 is 0 Å². The second-order valence-corrected chi connectivity index (χ2v) is 4.02. The lowest BCUT2D eigenvalue weighted by Gasteiger charge is -2.13. The van der Waals surface area contributed by atoms with Gasteiger partial charge < -0.3 is 14.8 Å². The number of para-hydroxylation sites is 1. The average Bonchev–Trinajstić information content (AvgIpc) is 2.45. The van der Waals surface area contributed by atoms with Gasteiger partial charge in [0.1, 0.15) is 5.70 Å². The highest BCUT2D eigenvalue weighted by atomic mass is 16.5. The number of anilines is 1. The molecule has 0 fully saturated rings. The standard InChI is InChI=1S/C15H17NO4/c1-10(2)11-7-5-6-8-12(11)16-13(15(18)20-4)9-14(17)19-3/h5-9,16H,1H2,2-4H3/b13-9+. The van der Waals surface area contributed by atoms with E-state index in [1.54, 1.807) is 6.07 Å². The molecule has 1 rings (SSSR count). The number of ether oxygens (including phenoxy) is 2. The minimum absolute atomic E-state index is 0.00644. The maximum Gasteiger partial charge on any atom is 0.354 e. The Morgan fingerprint density at radius 1 is 1.20 bits per heavy atom. The summed E-state index contributed by atoms with van der Waals surface area (Å²) in [6.45, 7) is 5.72. The van der Waals surface area contributed by atoms with Crippen molar-refractivity contribution in [3.05, 3.63) is 48.2 Å². The molecular weight excluding hydrogens is 258 g/mol. The number of hydrogen-bond acceptors (Lipinski definition) is 5. The molecule has 0 aliphatic heterocycles. The minimum atomic E-state index is -0.660. The molecule has 0 spiro atoms. The molecule has 5 heteroatoms. The second-order valence-electron chi connectivity index (χ2n) is 4.02. The average molecular weight is 275 g/mol. The Morgan fingerprint density at radius 3 is 2.40 bits per heavy atom. The molecule has 0 bridgehead atoms. The zero-order valence-corrected chi connectivity index (χ0v) is 11.7. The van der Waals surface area contributed by atoms with Crippen LogP contribution < -0.4 is 5.32 Å². The maximum atomic E-state index is 11.7. The van der Waals surface area contributed by atoms with Crippen LogP contribution in [0, 0.1) is 0 Å². The quantitative estimate of drug-likeness (QED) is 0.660. The molecule has 0 aromatic heterocycles. The number of carbonyl (C=O) groups is 2. The van der Waals surface area contributed by atoms with Crippen molar-refractivity contribution < 1.29 is 19.1 Å². The molecule has 0 amide bonds. The van der Waals surface area contributed by atoms with E-state index in [4.69, 9.17) is 0 Å². The molecular formula is C15H17NO4. The predicted octanol–water partition coefficient (Wildman–Crippen LogP) is 2.36. The molecule has 1 N–H and O–H groups in total. The Bertz CT molecular complexity index is 561. The van der Waals surface area contributed by atoms with Crippen LogP contribution in [0.15, 0.2) is 42.6 Å². The maximum absolute atomic E-state index is 11.7. The molecule has 1 aromatic rings. The summed E-state index contributed by atoms with van der Waals surface area (Å²) in [6, 6.07) is 7.30. The van der Waals surface area contributed by atoms with E-state index in [9.17, 15) is 9.59 Å². The number of nitrogens with one attached hydrogen (secondary N) is 1. The first kappa shape index (κ1) is 15.5. The molecule has 5 nitrogen and oxygen atoms in total. The number of carbonyl (C=O) groups excluding carboxylic acids is 2. The van der Waals surface area contributed by atoms with Gasteiger partial charge in [-0.25, -0.2) is 9.59 Å². The fraction of sp³-hybridized carbons (Fsp3) is 0.200. The molecule has 106 valence electrons. The van der Waals surface area contributed by atoms with Gasteiger partial charge in [-0.3, -0.25) is 0 Å². The molecule has 0 aliphatic rings. The Balaban J connectivity index is 3.14. The van der Waals surface area contributed by atoms with Crippen LogP contribution in [0.3, 0.4) is 0 Å². The van der Waals surface area contributed by atoms with E-state index >= 15 is 0 Å². The van der Waals surface area contributed by atoms with Crippen molar-refractivity contribution in [3.63, 3.8) is 0 Å². The second kappa shape index (κ2) is 7.13. The Hall–Kier alpha value is -2.56. The predicted molar refractivity (Wildman–Crippen MR) is 76.9 cm³/mol. The molecule has 0 aliphatic carbocycles. The van der Waals surface area contributed by atoms with Crippen LogP contribution in [0.2, 0.25) is 0 Å². The SMILES string of the molecule is C=C(C)c1ccccc1N/C(=C/C(=O)OC)C(=O)OC. The summed E-state index contributed by atoms with van der Waals surface area (Å²) >= 11 is 0. The normalized spacial score (nSPS) is 10.7. The van der Waals surface area contributed by atoms with E-state index < -0.39 is 11.9 Å². The number of hydrogen-bond donors (Lipinski definition) is 1. The third-order valence-corrected chi connectivity index (χ3v) is 2.52. The van der Waals surface area contributed by atoms with Gasteiger partial charge in [-0.05, 0) is 18.6 Å². The zero-order valence-electron chi connectivity index (χ0n) is 11.7. The van der Waals surface area contributed by atoms with Crippen molar-refractivity contribution in [2.45, 2.75) is 6.92 Å². The van der Waals surface area contributed by atoms with Gasteiger partial charge in [0, 0.05) is 11.3 Å². The highest BCUT2D eigenvalue weighted by molar-refractivity contribution is 5.99. The van der Waals surface area contributed by atoms with Crippen LogP contribution in [0.4, 0.5) is 5.69 Å². The monoisotopic (exact) mass is 275 g/mol. The first-order valence-corrected chi connectivity index (χ1v) is 5.89. The van der Waals surface area contributed by atoms with E-state index in [0.29, 0.717) is 5.69 Å². The number of allylic oxidation sites excluding steroid dienone is 1. The Morgan fingerprint density at radius 2 is 1.85 bits per heavy atom. The van der Waals surface area contributed by atoms with Crippen molar-refractivity contribution in [3.8, 4) is 0 Å². The van der Waals surface area contributed by atoms with Gasteiger partial charge >= 0.3 is 11.9 Å². The first-order valence-electron chi connectivity index (χ1n) is 5.89. The molecule has 0 saturated heterocycles. The molecule has 0 unspecified atom stereocenters. The van der Waals surface area contributed by atoms with Crippen LogP contribution in [0.1, 0.15) is 12.5 Å². The summed E-state index contributed by atoms with van der Waals surface area (Å²) in [5.74, 6) is -1.31. The largest absolute Gasteiger partial charge is 0.466 e. The first-order chi connectivity index (χ1) is 9.49. The minimum Gasteiger partial charge on any atom is -0.466 e. The Kier molecular flexibility index (Phi) is 5.53. The zero-order chi connectivity index (χ0) is 15.1. The summed E-state index contributed by atoms with van der Waals surface area (Å²) < 4.78 is 9.14. The highest BCUT2D eigenvalue weighted by Crippen LogP contribution is 2.23. The van der Waals surface area contributed by atoms with Crippen LogP contribution in [-0.4, -0.2) is 26.2 Å². The summed E-state index contributed by atoms with van der Waals surface area (Å²) in [6.07, 6.45) is 1.04. The van der Waals surface area contributed by atoms with Crippen molar-refractivity contribution in [1.29, 1.82) is 0 Å². The third-order valence-electron chi connectivity index (χ3n) is 2.52. The van der Waals surface area contributed by atoms with Crippen molar-refractivity contribution in [1.82, 2.24) is 0 Å². The lowest BCUT2D eigenvalue weighted by Crippen LogP contribution is -2.16. The van der Waals surface area contributed by atoms with Gasteiger partial charge in [0.15, 0.2) is 0 Å². The van der Waals surface area contributed by atoms with Crippen molar-refractivity contribution >= 4 is 23.2 Å². The van der Waals surface area contributed by atoms with Gasteiger partial charge in [0.2, 0.25) is 0 Å². The molecule has 0 heterocycles. The summed E-state index contributed by atoms with van der Waals surface area (Å²) in [7, 11) is 2.47. The van der Waals surface area contributed by atoms with Gasteiger partial charge in [0.05, 0.1) is 20.3 Å². The van der Waals surface area contributed by atoms with E-state index in [-0.39, 0.29) is 5.70 Å².